The van der Waals surface area contributed by atoms with E-state index >= 15 is 0 Å². The van der Waals surface area contributed by atoms with Gasteiger partial charge in [-0.2, -0.15) is 0 Å². The highest BCUT2D eigenvalue weighted by atomic mass is 79.9. The fraction of sp³-hybridized carbons (Fsp3) is 0.316. The molecule has 2 rings (SSSR count). The second-order valence-corrected chi connectivity index (χ2v) is 6.55. The third-order valence-corrected chi connectivity index (χ3v) is 4.48. The predicted octanol–water partition coefficient (Wildman–Crippen LogP) is 3.55. The minimum atomic E-state index is -0.0983. The summed E-state index contributed by atoms with van der Waals surface area (Å²) in [7, 11) is 6.60. The molecule has 0 saturated carbocycles. The largest absolute Gasteiger partial charge is 0.493 e. The minimum absolute atomic E-state index is 0.0983. The highest BCUT2D eigenvalue weighted by Crippen LogP contribution is 2.40. The van der Waals surface area contributed by atoms with Crippen LogP contribution in [0.15, 0.2) is 40.9 Å². The van der Waals surface area contributed by atoms with Gasteiger partial charge in [0.1, 0.15) is 0 Å². The number of amides is 1. The summed E-state index contributed by atoms with van der Waals surface area (Å²) in [6, 6.07) is 11.2. The maximum atomic E-state index is 12.3. The molecule has 0 unspecified atom stereocenters. The Bertz CT molecular complexity index is 767. The number of halogens is 1. The SMILES string of the molecule is COc1ccc(CN(C)CC(=O)Nc2ccccc2Br)c(OC)c1OC. The van der Waals surface area contributed by atoms with Gasteiger partial charge in [-0.05, 0) is 41.2 Å². The van der Waals surface area contributed by atoms with Crippen LogP contribution < -0.4 is 19.5 Å². The topological polar surface area (TPSA) is 60.0 Å². The fourth-order valence-electron chi connectivity index (χ4n) is 2.63. The lowest BCUT2D eigenvalue weighted by atomic mass is 10.1. The van der Waals surface area contributed by atoms with Gasteiger partial charge in [-0.15, -0.1) is 0 Å². The number of nitrogens with zero attached hydrogens (tertiary/aromatic N) is 1. The number of likely N-dealkylation sites (N-methyl/N-ethyl adjacent to an activating group) is 1. The summed E-state index contributed by atoms with van der Waals surface area (Å²) in [4.78, 5) is 14.2. The summed E-state index contributed by atoms with van der Waals surface area (Å²) in [6.45, 7) is 0.756. The Morgan fingerprint density at radius 3 is 2.35 bits per heavy atom. The van der Waals surface area contributed by atoms with Crippen molar-refractivity contribution in [3.8, 4) is 17.2 Å². The number of benzene rings is 2. The van der Waals surface area contributed by atoms with E-state index in [1.165, 1.54) is 0 Å². The van der Waals surface area contributed by atoms with Crippen molar-refractivity contribution >= 4 is 27.5 Å². The van der Waals surface area contributed by atoms with Crippen LogP contribution in [0.4, 0.5) is 5.69 Å². The smallest absolute Gasteiger partial charge is 0.238 e. The maximum Gasteiger partial charge on any atom is 0.238 e. The van der Waals surface area contributed by atoms with E-state index in [9.17, 15) is 4.79 Å². The van der Waals surface area contributed by atoms with Crippen LogP contribution >= 0.6 is 15.9 Å². The van der Waals surface area contributed by atoms with Gasteiger partial charge in [-0.25, -0.2) is 0 Å². The number of ether oxygens (including phenoxy) is 3. The van der Waals surface area contributed by atoms with Gasteiger partial charge >= 0.3 is 0 Å². The number of methoxy groups -OCH3 is 3. The zero-order valence-electron chi connectivity index (χ0n) is 15.3. The molecule has 0 aliphatic rings. The van der Waals surface area contributed by atoms with Crippen molar-refractivity contribution in [1.82, 2.24) is 4.90 Å². The Labute approximate surface area is 162 Å². The first-order chi connectivity index (χ1) is 12.5. The van der Waals surface area contributed by atoms with E-state index in [1.807, 2.05) is 48.3 Å². The average Bonchev–Trinajstić information content (AvgIpc) is 2.62. The standard InChI is InChI=1S/C19H23BrN2O4/c1-22(12-17(23)21-15-8-6-5-7-14(15)20)11-13-9-10-16(24-2)19(26-4)18(13)25-3/h5-10H,11-12H2,1-4H3,(H,21,23). The van der Waals surface area contributed by atoms with Gasteiger partial charge in [0.05, 0.1) is 33.6 Å². The van der Waals surface area contributed by atoms with Crippen molar-refractivity contribution in [3.63, 3.8) is 0 Å². The first-order valence-corrected chi connectivity index (χ1v) is 8.80. The lowest BCUT2D eigenvalue weighted by molar-refractivity contribution is -0.117. The fourth-order valence-corrected chi connectivity index (χ4v) is 3.02. The Morgan fingerprint density at radius 1 is 1.04 bits per heavy atom. The molecule has 0 aromatic heterocycles. The van der Waals surface area contributed by atoms with Crippen LogP contribution in [-0.2, 0) is 11.3 Å². The number of carbonyl (C=O) groups is 1. The Morgan fingerprint density at radius 2 is 1.73 bits per heavy atom. The zero-order chi connectivity index (χ0) is 19.1. The number of hydrogen-bond acceptors (Lipinski definition) is 5. The zero-order valence-corrected chi connectivity index (χ0v) is 16.9. The molecule has 0 saturated heterocycles. The molecule has 6 nitrogen and oxygen atoms in total. The van der Waals surface area contributed by atoms with Crippen molar-refractivity contribution in [2.75, 3.05) is 40.2 Å². The quantitative estimate of drug-likeness (QED) is 0.704. The molecule has 1 N–H and O–H groups in total. The molecule has 2 aromatic rings. The van der Waals surface area contributed by atoms with Crippen molar-refractivity contribution in [2.45, 2.75) is 6.54 Å². The van der Waals surface area contributed by atoms with Crippen molar-refractivity contribution in [1.29, 1.82) is 0 Å². The summed E-state index contributed by atoms with van der Waals surface area (Å²) < 4.78 is 17.0. The molecule has 2 aromatic carbocycles. The van der Waals surface area contributed by atoms with Gasteiger partial charge < -0.3 is 19.5 Å². The van der Waals surface area contributed by atoms with Gasteiger partial charge in [0.25, 0.3) is 0 Å². The first-order valence-electron chi connectivity index (χ1n) is 8.01. The Hall–Kier alpha value is -2.25. The molecule has 1 amide bonds. The van der Waals surface area contributed by atoms with Gasteiger partial charge in [0.2, 0.25) is 11.7 Å². The summed E-state index contributed by atoms with van der Waals surface area (Å²) in [5.41, 5.74) is 1.65. The number of rotatable bonds is 8. The first kappa shape index (κ1) is 20.1. The van der Waals surface area contributed by atoms with E-state index in [1.54, 1.807) is 21.3 Å². The van der Waals surface area contributed by atoms with E-state index in [4.69, 9.17) is 14.2 Å². The molecular formula is C19H23BrN2O4. The van der Waals surface area contributed by atoms with Crippen molar-refractivity contribution < 1.29 is 19.0 Å². The van der Waals surface area contributed by atoms with Gasteiger partial charge in [-0.1, -0.05) is 18.2 Å². The molecule has 0 aliphatic carbocycles. The Balaban J connectivity index is 2.06. The second-order valence-electron chi connectivity index (χ2n) is 5.69. The molecule has 26 heavy (non-hydrogen) atoms. The van der Waals surface area contributed by atoms with Crippen LogP contribution in [0.5, 0.6) is 17.2 Å². The Kier molecular flexibility index (Phi) is 7.29. The van der Waals surface area contributed by atoms with Gasteiger partial charge in [0.15, 0.2) is 11.5 Å². The molecule has 0 heterocycles. The normalized spacial score (nSPS) is 10.5. The number of anilines is 1. The number of nitrogens with one attached hydrogen (secondary N) is 1. The molecule has 7 heteroatoms. The third-order valence-electron chi connectivity index (χ3n) is 3.79. The number of para-hydroxylation sites is 1. The van der Waals surface area contributed by atoms with Crippen LogP contribution in [0.2, 0.25) is 0 Å². The van der Waals surface area contributed by atoms with E-state index in [0.717, 1.165) is 15.7 Å². The lowest BCUT2D eigenvalue weighted by Gasteiger charge is -2.20. The van der Waals surface area contributed by atoms with E-state index < -0.39 is 0 Å². The molecule has 0 radical (unpaired) electrons. The number of carbonyl (C=O) groups excluding carboxylic acids is 1. The maximum absolute atomic E-state index is 12.3. The number of hydrogen-bond donors (Lipinski definition) is 1. The molecule has 140 valence electrons. The minimum Gasteiger partial charge on any atom is -0.493 e. The predicted molar refractivity (Wildman–Crippen MR) is 105 cm³/mol. The monoisotopic (exact) mass is 422 g/mol. The summed E-state index contributed by atoms with van der Waals surface area (Å²) in [5.74, 6) is 1.64. The molecule has 0 bridgehead atoms. The molecule has 0 spiro atoms. The van der Waals surface area contributed by atoms with Gasteiger partial charge in [0, 0.05) is 16.6 Å². The van der Waals surface area contributed by atoms with Crippen LogP contribution in [-0.4, -0.2) is 45.7 Å². The van der Waals surface area contributed by atoms with Crippen LogP contribution in [0.25, 0.3) is 0 Å². The van der Waals surface area contributed by atoms with Crippen molar-refractivity contribution in [2.24, 2.45) is 0 Å². The summed E-state index contributed by atoms with van der Waals surface area (Å²) >= 11 is 3.42. The molecule has 0 fully saturated rings. The van der Waals surface area contributed by atoms with E-state index in [2.05, 4.69) is 21.2 Å². The summed E-state index contributed by atoms with van der Waals surface area (Å²) in [6.07, 6.45) is 0. The van der Waals surface area contributed by atoms with E-state index in [-0.39, 0.29) is 12.5 Å². The second kappa shape index (κ2) is 9.45. The summed E-state index contributed by atoms with van der Waals surface area (Å²) in [5, 5.41) is 2.89. The van der Waals surface area contributed by atoms with Crippen molar-refractivity contribution in [3.05, 3.63) is 46.4 Å². The van der Waals surface area contributed by atoms with Crippen LogP contribution in [0, 0.1) is 0 Å². The van der Waals surface area contributed by atoms with Crippen LogP contribution in [0.1, 0.15) is 5.56 Å². The molecule has 0 aliphatic heterocycles. The molecule has 0 atom stereocenters. The lowest BCUT2D eigenvalue weighted by Crippen LogP contribution is -2.30. The molecular weight excluding hydrogens is 400 g/mol. The average molecular weight is 423 g/mol. The van der Waals surface area contributed by atoms with E-state index in [0.29, 0.717) is 23.8 Å². The van der Waals surface area contributed by atoms with Gasteiger partial charge in [-0.3, -0.25) is 9.69 Å². The highest BCUT2D eigenvalue weighted by Gasteiger charge is 2.17. The third kappa shape index (κ3) is 4.89. The van der Waals surface area contributed by atoms with Crippen LogP contribution in [0.3, 0.4) is 0 Å². The highest BCUT2D eigenvalue weighted by molar-refractivity contribution is 9.10.